The van der Waals surface area contributed by atoms with Crippen molar-refractivity contribution in [1.29, 1.82) is 0 Å². The zero-order chi connectivity index (χ0) is 19.3. The second-order valence-electron chi connectivity index (χ2n) is 9.71. The number of methoxy groups -OCH3 is 1. The molecule has 0 saturated heterocycles. The lowest BCUT2D eigenvalue weighted by atomic mass is 9.66. The third-order valence-corrected chi connectivity index (χ3v) is 7.91. The fourth-order valence-corrected chi connectivity index (χ4v) is 6.18. The van der Waals surface area contributed by atoms with Crippen molar-refractivity contribution in [2.45, 2.75) is 110 Å². The van der Waals surface area contributed by atoms with Crippen LogP contribution in [0.4, 0.5) is 0 Å². The summed E-state index contributed by atoms with van der Waals surface area (Å²) in [6.07, 6.45) is 22.4. The maximum Gasteiger partial charge on any atom is 0.0462 e. The summed E-state index contributed by atoms with van der Waals surface area (Å²) in [4.78, 5) is 0. The highest BCUT2D eigenvalue weighted by molar-refractivity contribution is 4.84. The van der Waals surface area contributed by atoms with Gasteiger partial charge in [-0.25, -0.2) is 0 Å². The minimum atomic E-state index is 0.359. The maximum atomic E-state index is 9.26. The van der Waals surface area contributed by atoms with Crippen molar-refractivity contribution >= 4 is 0 Å². The van der Waals surface area contributed by atoms with Crippen LogP contribution in [0.5, 0.6) is 0 Å². The molecule has 2 aliphatic rings. The molecule has 0 aromatic heterocycles. The number of ether oxygens (including phenoxy) is 1. The van der Waals surface area contributed by atoms with E-state index >= 15 is 0 Å². The van der Waals surface area contributed by atoms with Crippen LogP contribution in [0.3, 0.4) is 0 Å². The second kappa shape index (κ2) is 14.0. The van der Waals surface area contributed by atoms with E-state index in [-0.39, 0.29) is 0 Å². The summed E-state index contributed by atoms with van der Waals surface area (Å²) >= 11 is 0. The fraction of sp³-hybridized carbons (Fsp3) is 1.00. The fourth-order valence-electron chi connectivity index (χ4n) is 6.18. The van der Waals surface area contributed by atoms with Gasteiger partial charge in [0.05, 0.1) is 0 Å². The number of hydrogen-bond acceptors (Lipinski definition) is 2. The minimum absolute atomic E-state index is 0.359. The monoisotopic (exact) mass is 380 g/mol. The summed E-state index contributed by atoms with van der Waals surface area (Å²) in [7, 11) is 1.81. The van der Waals surface area contributed by atoms with Crippen molar-refractivity contribution in [2.75, 3.05) is 20.3 Å². The number of hydrogen-bond donors (Lipinski definition) is 1. The smallest absolute Gasteiger partial charge is 0.0462 e. The van der Waals surface area contributed by atoms with E-state index in [1.807, 2.05) is 7.11 Å². The Morgan fingerprint density at radius 1 is 0.815 bits per heavy atom. The molecule has 2 nitrogen and oxygen atoms in total. The molecular weight excluding hydrogens is 332 g/mol. The summed E-state index contributed by atoms with van der Waals surface area (Å²) < 4.78 is 5.27. The molecule has 0 aromatic rings. The highest BCUT2D eigenvalue weighted by Gasteiger charge is 2.32. The Hall–Kier alpha value is -0.0800. The molecule has 1 unspecified atom stereocenters. The first-order valence-corrected chi connectivity index (χ1v) is 12.4. The first-order chi connectivity index (χ1) is 13.3. The van der Waals surface area contributed by atoms with Gasteiger partial charge in [0.1, 0.15) is 0 Å². The highest BCUT2D eigenvalue weighted by atomic mass is 16.5. The van der Waals surface area contributed by atoms with Gasteiger partial charge in [0.2, 0.25) is 0 Å². The van der Waals surface area contributed by atoms with Gasteiger partial charge in [-0.2, -0.15) is 0 Å². The van der Waals surface area contributed by atoms with Crippen molar-refractivity contribution in [3.63, 3.8) is 0 Å². The normalized spacial score (nSPS) is 30.3. The Kier molecular flexibility index (Phi) is 12.0. The van der Waals surface area contributed by atoms with Crippen molar-refractivity contribution < 1.29 is 9.84 Å². The third kappa shape index (κ3) is 8.44. The quantitative estimate of drug-likeness (QED) is 0.349. The molecule has 0 radical (unpaired) electrons. The van der Waals surface area contributed by atoms with Gasteiger partial charge >= 0.3 is 0 Å². The lowest BCUT2D eigenvalue weighted by molar-refractivity contribution is 0.109. The lowest BCUT2D eigenvalue weighted by Crippen LogP contribution is -2.28. The molecule has 0 bridgehead atoms. The van der Waals surface area contributed by atoms with Gasteiger partial charge in [-0.05, 0) is 93.8 Å². The molecule has 1 atom stereocenters. The van der Waals surface area contributed by atoms with E-state index in [0.717, 1.165) is 42.6 Å². The van der Waals surface area contributed by atoms with E-state index < -0.39 is 0 Å². The first-order valence-electron chi connectivity index (χ1n) is 12.4. The summed E-state index contributed by atoms with van der Waals surface area (Å²) in [6, 6.07) is 0. The van der Waals surface area contributed by atoms with Gasteiger partial charge in [-0.3, -0.25) is 0 Å². The van der Waals surface area contributed by atoms with Crippen LogP contribution >= 0.6 is 0 Å². The minimum Gasteiger partial charge on any atom is -0.396 e. The molecule has 0 amide bonds. The molecule has 0 heterocycles. The molecular formula is C25H48O2. The SMILES string of the molecule is CCCCCC1CCC(C2CCC(C(CCCO)CCCOC)CC2)CC1. The van der Waals surface area contributed by atoms with Crippen LogP contribution in [-0.2, 0) is 4.74 Å². The zero-order valence-corrected chi connectivity index (χ0v) is 18.5. The Morgan fingerprint density at radius 3 is 2.04 bits per heavy atom. The van der Waals surface area contributed by atoms with E-state index in [4.69, 9.17) is 4.74 Å². The predicted molar refractivity (Wildman–Crippen MR) is 116 cm³/mol. The molecule has 0 spiro atoms. The highest BCUT2D eigenvalue weighted by Crippen LogP contribution is 2.44. The van der Waals surface area contributed by atoms with Gasteiger partial charge in [-0.1, -0.05) is 45.4 Å². The molecule has 1 N–H and O–H groups in total. The first kappa shape index (κ1) is 23.2. The van der Waals surface area contributed by atoms with E-state index in [2.05, 4.69) is 6.92 Å². The second-order valence-corrected chi connectivity index (χ2v) is 9.71. The standard InChI is InChI=1S/C25H48O2/c1-3-4-5-8-21-11-13-23(14-12-21)25-17-15-24(16-18-25)22(9-6-19-26)10-7-20-27-2/h21-26H,3-20H2,1-2H3. The Bertz CT molecular complexity index is 340. The number of aliphatic hydroxyl groups excluding tert-OH is 1. The van der Waals surface area contributed by atoms with Crippen LogP contribution in [0.1, 0.15) is 110 Å². The van der Waals surface area contributed by atoms with E-state index in [1.54, 1.807) is 0 Å². The topological polar surface area (TPSA) is 29.5 Å². The van der Waals surface area contributed by atoms with E-state index in [9.17, 15) is 5.11 Å². The van der Waals surface area contributed by atoms with Crippen molar-refractivity contribution in [3.05, 3.63) is 0 Å². The Morgan fingerprint density at radius 2 is 1.44 bits per heavy atom. The number of aliphatic hydroxyl groups is 1. The van der Waals surface area contributed by atoms with E-state index in [0.29, 0.717) is 6.61 Å². The summed E-state index contributed by atoms with van der Waals surface area (Å²) in [5, 5.41) is 9.26. The van der Waals surface area contributed by atoms with Crippen LogP contribution in [0.25, 0.3) is 0 Å². The van der Waals surface area contributed by atoms with Crippen LogP contribution < -0.4 is 0 Å². The van der Waals surface area contributed by atoms with Gasteiger partial charge in [0.15, 0.2) is 0 Å². The van der Waals surface area contributed by atoms with Crippen molar-refractivity contribution in [3.8, 4) is 0 Å². The molecule has 2 saturated carbocycles. The van der Waals surface area contributed by atoms with Gasteiger partial charge in [0, 0.05) is 20.3 Å². The predicted octanol–water partition coefficient (Wildman–Crippen LogP) is 6.99. The molecule has 2 aliphatic carbocycles. The molecule has 27 heavy (non-hydrogen) atoms. The van der Waals surface area contributed by atoms with Gasteiger partial charge in [-0.15, -0.1) is 0 Å². The Labute approximate surface area is 169 Å². The summed E-state index contributed by atoms with van der Waals surface area (Å²) in [5.74, 6) is 4.85. The summed E-state index contributed by atoms with van der Waals surface area (Å²) in [5.41, 5.74) is 0. The largest absolute Gasteiger partial charge is 0.396 e. The van der Waals surface area contributed by atoms with Crippen LogP contribution in [0.2, 0.25) is 0 Å². The number of unbranched alkanes of at least 4 members (excludes halogenated alkanes) is 2. The Balaban J connectivity index is 1.69. The van der Waals surface area contributed by atoms with Gasteiger partial charge < -0.3 is 9.84 Å². The van der Waals surface area contributed by atoms with Gasteiger partial charge in [0.25, 0.3) is 0 Å². The molecule has 160 valence electrons. The van der Waals surface area contributed by atoms with Crippen LogP contribution in [-0.4, -0.2) is 25.4 Å². The molecule has 0 aromatic carbocycles. The maximum absolute atomic E-state index is 9.26. The van der Waals surface area contributed by atoms with Crippen LogP contribution in [0, 0.1) is 29.6 Å². The van der Waals surface area contributed by atoms with Crippen molar-refractivity contribution in [1.82, 2.24) is 0 Å². The lowest BCUT2D eigenvalue weighted by Gasteiger charge is -2.40. The molecule has 2 heteroatoms. The average molecular weight is 381 g/mol. The molecule has 2 fully saturated rings. The van der Waals surface area contributed by atoms with Crippen molar-refractivity contribution in [2.24, 2.45) is 29.6 Å². The van der Waals surface area contributed by atoms with Crippen LogP contribution in [0.15, 0.2) is 0 Å². The third-order valence-electron chi connectivity index (χ3n) is 7.91. The van der Waals surface area contributed by atoms with E-state index in [1.165, 1.54) is 96.3 Å². The zero-order valence-electron chi connectivity index (χ0n) is 18.5. The molecule has 2 rings (SSSR count). The number of rotatable bonds is 13. The average Bonchev–Trinajstić information content (AvgIpc) is 2.71. The molecule has 0 aliphatic heterocycles. The summed E-state index contributed by atoms with van der Waals surface area (Å²) in [6.45, 7) is 3.57.